The zero-order chi connectivity index (χ0) is 12.1. The molecule has 0 fully saturated rings. The topological polar surface area (TPSA) is 43.4 Å². The van der Waals surface area contributed by atoms with Crippen LogP contribution in [0.5, 0.6) is 0 Å². The number of carboxylic acids is 1. The molecule has 0 N–H and O–H groups in total. The molecule has 0 amide bonds. The average molecular weight is 212 g/mol. The van der Waals surface area contributed by atoms with Gasteiger partial charge in [0.25, 0.3) is 0 Å². The second-order valence-corrected chi connectivity index (χ2v) is 4.81. The molecule has 0 aliphatic heterocycles. The molecular formula is C12H22NO2-. The van der Waals surface area contributed by atoms with Gasteiger partial charge in [-0.1, -0.05) is 26.8 Å². The average Bonchev–Trinajstić information content (AvgIpc) is 2.09. The maximum atomic E-state index is 11.0. The summed E-state index contributed by atoms with van der Waals surface area (Å²) in [5.41, 5.74) is 0.420. The van der Waals surface area contributed by atoms with Crippen LogP contribution in [0.4, 0.5) is 0 Å². The molecule has 88 valence electrons. The Morgan fingerprint density at radius 2 is 1.73 bits per heavy atom. The largest absolute Gasteiger partial charge is 0.543 e. The minimum Gasteiger partial charge on any atom is -0.543 e. The van der Waals surface area contributed by atoms with Gasteiger partial charge in [-0.2, -0.15) is 0 Å². The van der Waals surface area contributed by atoms with Gasteiger partial charge in [-0.05, 0) is 25.7 Å². The maximum Gasteiger partial charge on any atom is 0.0873 e. The molecule has 0 aromatic heterocycles. The van der Waals surface area contributed by atoms with Crippen molar-refractivity contribution in [2.45, 2.75) is 41.0 Å². The van der Waals surface area contributed by atoms with Crippen molar-refractivity contribution >= 4 is 5.97 Å². The van der Waals surface area contributed by atoms with E-state index >= 15 is 0 Å². The van der Waals surface area contributed by atoms with Crippen molar-refractivity contribution in [1.29, 1.82) is 0 Å². The minimum absolute atomic E-state index is 0.105. The van der Waals surface area contributed by atoms with Gasteiger partial charge in [0.05, 0.1) is 11.7 Å². The van der Waals surface area contributed by atoms with E-state index < -0.39 is 5.97 Å². The highest BCUT2D eigenvalue weighted by molar-refractivity contribution is 5.83. The van der Waals surface area contributed by atoms with Crippen LogP contribution >= 0.6 is 0 Å². The number of likely N-dealkylation sites (N-methyl/N-ethyl adjacent to an activating group) is 1. The molecule has 0 aliphatic rings. The van der Waals surface area contributed by atoms with Crippen LogP contribution < -0.4 is 5.11 Å². The normalized spacial score (nSPS) is 12.7. The van der Waals surface area contributed by atoms with E-state index in [1.54, 1.807) is 11.0 Å². The smallest absolute Gasteiger partial charge is 0.0873 e. The van der Waals surface area contributed by atoms with Gasteiger partial charge in [0.2, 0.25) is 0 Å². The third-order valence-corrected chi connectivity index (χ3v) is 2.22. The van der Waals surface area contributed by atoms with Crippen molar-refractivity contribution in [1.82, 2.24) is 4.90 Å². The number of aliphatic carboxylic acids is 1. The van der Waals surface area contributed by atoms with E-state index in [0.29, 0.717) is 18.8 Å². The quantitative estimate of drug-likeness (QED) is 0.647. The third kappa shape index (κ3) is 5.45. The molecular weight excluding hydrogens is 190 g/mol. The van der Waals surface area contributed by atoms with Crippen molar-refractivity contribution < 1.29 is 9.90 Å². The van der Waals surface area contributed by atoms with Crippen LogP contribution in [-0.2, 0) is 4.79 Å². The van der Waals surface area contributed by atoms with E-state index in [1.165, 1.54) is 0 Å². The first-order chi connectivity index (χ1) is 6.81. The minimum atomic E-state index is -1.08. The lowest BCUT2D eigenvalue weighted by atomic mass is 9.92. The zero-order valence-electron chi connectivity index (χ0n) is 10.5. The lowest BCUT2D eigenvalue weighted by Crippen LogP contribution is -2.36. The van der Waals surface area contributed by atoms with Crippen molar-refractivity contribution in [2.75, 3.05) is 13.1 Å². The molecule has 0 radical (unpaired) electrons. The molecule has 0 heterocycles. The summed E-state index contributed by atoms with van der Waals surface area (Å²) in [6.45, 7) is 11.5. The maximum absolute atomic E-state index is 11.0. The number of carbonyl (C=O) groups excluding carboxylic acids is 1. The fourth-order valence-corrected chi connectivity index (χ4v) is 1.31. The SMILES string of the molecule is CCN(CC)/C(=C/CC(C)(C)C)C(=O)[O-]. The van der Waals surface area contributed by atoms with Gasteiger partial charge in [-0.25, -0.2) is 0 Å². The van der Waals surface area contributed by atoms with Gasteiger partial charge in [-0.15, -0.1) is 0 Å². The van der Waals surface area contributed by atoms with Crippen LogP contribution in [0.15, 0.2) is 11.8 Å². The first-order valence-corrected chi connectivity index (χ1v) is 5.48. The van der Waals surface area contributed by atoms with Crippen LogP contribution in [0.3, 0.4) is 0 Å². The van der Waals surface area contributed by atoms with Crippen LogP contribution in [0.1, 0.15) is 41.0 Å². The second-order valence-electron chi connectivity index (χ2n) is 4.81. The summed E-state index contributed by atoms with van der Waals surface area (Å²) in [4.78, 5) is 12.8. The summed E-state index contributed by atoms with van der Waals surface area (Å²) in [6, 6.07) is 0. The zero-order valence-corrected chi connectivity index (χ0v) is 10.5. The predicted octanol–water partition coefficient (Wildman–Crippen LogP) is 1.40. The Balaban J connectivity index is 4.73. The van der Waals surface area contributed by atoms with Gasteiger partial charge < -0.3 is 14.8 Å². The van der Waals surface area contributed by atoms with Gasteiger partial charge in [0.15, 0.2) is 0 Å². The highest BCUT2D eigenvalue weighted by atomic mass is 16.4. The summed E-state index contributed by atoms with van der Waals surface area (Å²) in [5, 5.41) is 11.0. The molecule has 3 heteroatoms. The van der Waals surface area contributed by atoms with Crippen molar-refractivity contribution in [3.63, 3.8) is 0 Å². The van der Waals surface area contributed by atoms with Crippen molar-refractivity contribution in [3.05, 3.63) is 11.8 Å². The number of hydrogen-bond donors (Lipinski definition) is 0. The van der Waals surface area contributed by atoms with Crippen LogP contribution in [0.25, 0.3) is 0 Å². The molecule has 0 atom stereocenters. The molecule has 0 aromatic carbocycles. The van der Waals surface area contributed by atoms with Gasteiger partial charge in [0.1, 0.15) is 0 Å². The summed E-state index contributed by atoms with van der Waals surface area (Å²) in [7, 11) is 0. The number of nitrogens with zero attached hydrogens (tertiary/aromatic N) is 1. The van der Waals surface area contributed by atoms with Crippen LogP contribution in [-0.4, -0.2) is 24.0 Å². The Morgan fingerprint density at radius 1 is 1.27 bits per heavy atom. The Hall–Kier alpha value is -0.990. The molecule has 3 nitrogen and oxygen atoms in total. The van der Waals surface area contributed by atoms with E-state index in [1.807, 2.05) is 13.8 Å². The predicted molar refractivity (Wildman–Crippen MR) is 60.1 cm³/mol. The molecule has 0 rings (SSSR count). The fraction of sp³-hybridized carbons (Fsp3) is 0.750. The fourth-order valence-electron chi connectivity index (χ4n) is 1.31. The standard InChI is InChI=1S/C12H23NO2/c1-6-13(7-2)10(11(14)15)8-9-12(3,4)5/h8H,6-7,9H2,1-5H3,(H,14,15)/p-1/b10-8+. The first kappa shape index (κ1) is 14.0. The lowest BCUT2D eigenvalue weighted by molar-refractivity contribution is -0.301. The molecule has 0 aliphatic carbocycles. The Labute approximate surface area is 92.8 Å². The Kier molecular flexibility index (Phi) is 5.40. The molecule has 0 bridgehead atoms. The van der Waals surface area contributed by atoms with E-state index in [-0.39, 0.29) is 5.41 Å². The summed E-state index contributed by atoms with van der Waals surface area (Å²) in [5.74, 6) is -1.08. The van der Waals surface area contributed by atoms with E-state index in [2.05, 4.69) is 20.8 Å². The third-order valence-electron chi connectivity index (χ3n) is 2.22. The number of hydrogen-bond acceptors (Lipinski definition) is 3. The Bertz CT molecular complexity index is 234. The first-order valence-electron chi connectivity index (χ1n) is 5.48. The lowest BCUT2D eigenvalue weighted by Gasteiger charge is -2.26. The second kappa shape index (κ2) is 5.79. The number of carboxylic acid groups (broad SMARTS) is 1. The van der Waals surface area contributed by atoms with Crippen molar-refractivity contribution in [2.24, 2.45) is 5.41 Å². The van der Waals surface area contributed by atoms with E-state index in [0.717, 1.165) is 6.42 Å². The number of allylic oxidation sites excluding steroid dienone is 1. The van der Waals surface area contributed by atoms with E-state index in [4.69, 9.17) is 0 Å². The molecule has 0 unspecified atom stereocenters. The molecule has 15 heavy (non-hydrogen) atoms. The Morgan fingerprint density at radius 3 is 2.00 bits per heavy atom. The number of rotatable bonds is 5. The van der Waals surface area contributed by atoms with Gasteiger partial charge in [-0.3, -0.25) is 0 Å². The molecule has 0 saturated heterocycles. The molecule has 0 saturated carbocycles. The van der Waals surface area contributed by atoms with Gasteiger partial charge >= 0.3 is 0 Å². The van der Waals surface area contributed by atoms with E-state index in [9.17, 15) is 9.90 Å². The molecule has 0 spiro atoms. The summed E-state index contributed by atoms with van der Waals surface area (Å²) < 4.78 is 0. The molecule has 0 aromatic rings. The van der Waals surface area contributed by atoms with Crippen molar-refractivity contribution in [3.8, 4) is 0 Å². The highest BCUT2D eigenvalue weighted by Gasteiger charge is 2.11. The van der Waals surface area contributed by atoms with Crippen LogP contribution in [0, 0.1) is 5.41 Å². The summed E-state index contributed by atoms with van der Waals surface area (Å²) >= 11 is 0. The summed E-state index contributed by atoms with van der Waals surface area (Å²) in [6.07, 6.45) is 2.51. The monoisotopic (exact) mass is 212 g/mol. The van der Waals surface area contributed by atoms with Crippen LogP contribution in [0.2, 0.25) is 0 Å². The van der Waals surface area contributed by atoms with Gasteiger partial charge in [0, 0.05) is 13.1 Å². The number of carbonyl (C=O) groups is 1. The highest BCUT2D eigenvalue weighted by Crippen LogP contribution is 2.20.